The predicted octanol–water partition coefficient (Wildman–Crippen LogP) is 4.18. The lowest BCUT2D eigenvalue weighted by Crippen LogP contribution is -2.27. The fourth-order valence-corrected chi connectivity index (χ4v) is 3.26. The SMILES string of the molecule is COc1ccccc1Oc1cc(-c2ccc(C(=O)N3CCCC3)cc2)ncn1. The summed E-state index contributed by atoms with van der Waals surface area (Å²) in [5, 5.41) is 0. The smallest absolute Gasteiger partial charge is 0.253 e. The van der Waals surface area contributed by atoms with Gasteiger partial charge in [-0.3, -0.25) is 4.79 Å². The second-order valence-electron chi connectivity index (χ2n) is 6.57. The summed E-state index contributed by atoms with van der Waals surface area (Å²) in [6.45, 7) is 1.69. The van der Waals surface area contributed by atoms with E-state index in [2.05, 4.69) is 9.97 Å². The van der Waals surface area contributed by atoms with Gasteiger partial charge in [0, 0.05) is 30.3 Å². The molecule has 1 fully saturated rings. The molecule has 2 aromatic carbocycles. The first-order valence-electron chi connectivity index (χ1n) is 9.27. The van der Waals surface area contributed by atoms with Crippen LogP contribution >= 0.6 is 0 Å². The Bertz CT molecular complexity index is 967. The Hall–Kier alpha value is -3.41. The number of benzene rings is 2. The fourth-order valence-electron chi connectivity index (χ4n) is 3.26. The zero-order chi connectivity index (χ0) is 19.3. The molecule has 6 nitrogen and oxygen atoms in total. The summed E-state index contributed by atoms with van der Waals surface area (Å²) in [5.41, 5.74) is 2.32. The van der Waals surface area contributed by atoms with Crippen LogP contribution in [-0.4, -0.2) is 41.0 Å². The normalized spacial score (nSPS) is 13.4. The Morgan fingerprint density at radius 2 is 1.68 bits per heavy atom. The Morgan fingerprint density at radius 3 is 2.39 bits per heavy atom. The van der Waals surface area contributed by atoms with Crippen molar-refractivity contribution in [3.05, 3.63) is 66.5 Å². The van der Waals surface area contributed by atoms with Crippen LogP contribution in [0.2, 0.25) is 0 Å². The van der Waals surface area contributed by atoms with Crippen molar-refractivity contribution in [1.82, 2.24) is 14.9 Å². The molecule has 1 aliphatic heterocycles. The third-order valence-electron chi connectivity index (χ3n) is 4.75. The Balaban J connectivity index is 1.53. The standard InChI is InChI=1S/C22H21N3O3/c1-27-19-6-2-3-7-20(19)28-21-14-18(23-15-24-21)16-8-10-17(11-9-16)22(26)25-12-4-5-13-25/h2-3,6-11,14-15H,4-5,12-13H2,1H3. The molecular formula is C22H21N3O3. The van der Waals surface area contributed by atoms with Crippen LogP contribution in [0, 0.1) is 0 Å². The Labute approximate surface area is 163 Å². The molecule has 142 valence electrons. The highest BCUT2D eigenvalue weighted by molar-refractivity contribution is 5.94. The molecule has 1 amide bonds. The van der Waals surface area contributed by atoms with Crippen LogP contribution in [0.5, 0.6) is 17.4 Å². The van der Waals surface area contributed by atoms with Gasteiger partial charge in [-0.1, -0.05) is 24.3 Å². The van der Waals surface area contributed by atoms with Crippen LogP contribution in [0.3, 0.4) is 0 Å². The van der Waals surface area contributed by atoms with Gasteiger partial charge in [0.25, 0.3) is 5.91 Å². The minimum Gasteiger partial charge on any atom is -0.493 e. The van der Waals surface area contributed by atoms with Gasteiger partial charge in [-0.15, -0.1) is 0 Å². The van der Waals surface area contributed by atoms with Crippen molar-refractivity contribution in [2.24, 2.45) is 0 Å². The van der Waals surface area contributed by atoms with E-state index >= 15 is 0 Å². The van der Waals surface area contributed by atoms with Crippen molar-refractivity contribution in [3.63, 3.8) is 0 Å². The second kappa shape index (κ2) is 8.08. The van der Waals surface area contributed by atoms with Gasteiger partial charge in [0.2, 0.25) is 5.88 Å². The van der Waals surface area contributed by atoms with E-state index in [9.17, 15) is 4.79 Å². The topological polar surface area (TPSA) is 64.6 Å². The summed E-state index contributed by atoms with van der Waals surface area (Å²) >= 11 is 0. The number of methoxy groups -OCH3 is 1. The van der Waals surface area contributed by atoms with Crippen molar-refractivity contribution in [1.29, 1.82) is 0 Å². The summed E-state index contributed by atoms with van der Waals surface area (Å²) < 4.78 is 11.2. The number of ether oxygens (including phenoxy) is 2. The quantitative estimate of drug-likeness (QED) is 0.669. The zero-order valence-corrected chi connectivity index (χ0v) is 15.7. The lowest BCUT2D eigenvalue weighted by atomic mass is 10.1. The van der Waals surface area contributed by atoms with Crippen LogP contribution in [0.1, 0.15) is 23.2 Å². The summed E-state index contributed by atoms with van der Waals surface area (Å²) in [4.78, 5) is 22.9. The minimum absolute atomic E-state index is 0.0898. The van der Waals surface area contributed by atoms with Crippen LogP contribution in [0.4, 0.5) is 0 Å². The molecule has 1 aromatic heterocycles. The van der Waals surface area contributed by atoms with Crippen molar-refractivity contribution in [2.75, 3.05) is 20.2 Å². The van der Waals surface area contributed by atoms with Crippen molar-refractivity contribution >= 4 is 5.91 Å². The van der Waals surface area contributed by atoms with Gasteiger partial charge in [-0.05, 0) is 37.1 Å². The maximum absolute atomic E-state index is 12.5. The molecule has 4 rings (SSSR count). The highest BCUT2D eigenvalue weighted by atomic mass is 16.5. The number of para-hydroxylation sites is 2. The van der Waals surface area contributed by atoms with Gasteiger partial charge in [0.15, 0.2) is 11.5 Å². The Kier molecular flexibility index (Phi) is 5.19. The van der Waals surface area contributed by atoms with E-state index < -0.39 is 0 Å². The largest absolute Gasteiger partial charge is 0.493 e. The van der Waals surface area contributed by atoms with Crippen LogP contribution < -0.4 is 9.47 Å². The number of likely N-dealkylation sites (tertiary alicyclic amines) is 1. The average Bonchev–Trinajstić information content (AvgIpc) is 3.29. The molecule has 0 atom stereocenters. The van der Waals surface area contributed by atoms with Gasteiger partial charge >= 0.3 is 0 Å². The van der Waals surface area contributed by atoms with E-state index in [1.54, 1.807) is 13.2 Å². The van der Waals surface area contributed by atoms with Gasteiger partial charge in [-0.2, -0.15) is 0 Å². The van der Waals surface area contributed by atoms with E-state index in [-0.39, 0.29) is 5.91 Å². The predicted molar refractivity (Wildman–Crippen MR) is 106 cm³/mol. The van der Waals surface area contributed by atoms with Crippen LogP contribution in [0.25, 0.3) is 11.3 Å². The highest BCUT2D eigenvalue weighted by Gasteiger charge is 2.19. The van der Waals surface area contributed by atoms with Crippen LogP contribution in [-0.2, 0) is 0 Å². The summed E-state index contributed by atoms with van der Waals surface area (Å²) in [6, 6.07) is 16.7. The van der Waals surface area contributed by atoms with Gasteiger partial charge < -0.3 is 14.4 Å². The number of carbonyl (C=O) groups excluding carboxylic acids is 1. The first-order chi connectivity index (χ1) is 13.7. The number of hydrogen-bond donors (Lipinski definition) is 0. The summed E-state index contributed by atoms with van der Waals surface area (Å²) in [6.07, 6.45) is 3.63. The molecule has 0 saturated carbocycles. The first kappa shape index (κ1) is 18.0. The average molecular weight is 375 g/mol. The molecule has 6 heteroatoms. The van der Waals surface area contributed by atoms with E-state index in [1.807, 2.05) is 53.4 Å². The number of nitrogens with zero attached hydrogens (tertiary/aromatic N) is 3. The lowest BCUT2D eigenvalue weighted by Gasteiger charge is -2.15. The molecule has 0 unspecified atom stereocenters. The van der Waals surface area contributed by atoms with Gasteiger partial charge in [-0.25, -0.2) is 9.97 Å². The van der Waals surface area contributed by atoms with Crippen LogP contribution in [0.15, 0.2) is 60.9 Å². The molecule has 3 aromatic rings. The number of aromatic nitrogens is 2. The highest BCUT2D eigenvalue weighted by Crippen LogP contribution is 2.31. The lowest BCUT2D eigenvalue weighted by molar-refractivity contribution is 0.0793. The fraction of sp³-hybridized carbons (Fsp3) is 0.227. The van der Waals surface area contributed by atoms with Crippen molar-refractivity contribution in [2.45, 2.75) is 12.8 Å². The van der Waals surface area contributed by atoms with E-state index in [1.165, 1.54) is 6.33 Å². The summed E-state index contributed by atoms with van der Waals surface area (Å²) in [5.74, 6) is 1.73. The molecule has 1 aliphatic rings. The van der Waals surface area contributed by atoms with E-state index in [4.69, 9.17) is 9.47 Å². The van der Waals surface area contributed by atoms with Crippen molar-refractivity contribution < 1.29 is 14.3 Å². The first-order valence-corrected chi connectivity index (χ1v) is 9.27. The molecule has 2 heterocycles. The maximum atomic E-state index is 12.5. The zero-order valence-electron chi connectivity index (χ0n) is 15.7. The molecule has 28 heavy (non-hydrogen) atoms. The number of carbonyl (C=O) groups is 1. The molecular weight excluding hydrogens is 354 g/mol. The Morgan fingerprint density at radius 1 is 0.964 bits per heavy atom. The number of amides is 1. The maximum Gasteiger partial charge on any atom is 0.253 e. The number of rotatable bonds is 5. The molecule has 0 radical (unpaired) electrons. The summed E-state index contributed by atoms with van der Waals surface area (Å²) in [7, 11) is 1.60. The van der Waals surface area contributed by atoms with E-state index in [0.717, 1.165) is 37.2 Å². The second-order valence-corrected chi connectivity index (χ2v) is 6.57. The molecule has 1 saturated heterocycles. The molecule has 0 aliphatic carbocycles. The van der Waals surface area contributed by atoms with Gasteiger partial charge in [0.1, 0.15) is 6.33 Å². The monoisotopic (exact) mass is 375 g/mol. The number of hydrogen-bond acceptors (Lipinski definition) is 5. The third kappa shape index (κ3) is 3.81. The van der Waals surface area contributed by atoms with Gasteiger partial charge in [0.05, 0.1) is 12.8 Å². The minimum atomic E-state index is 0.0898. The molecule has 0 spiro atoms. The molecule has 0 bridgehead atoms. The third-order valence-corrected chi connectivity index (χ3v) is 4.75. The van der Waals surface area contributed by atoms with E-state index in [0.29, 0.717) is 22.9 Å². The molecule has 0 N–H and O–H groups in total. The van der Waals surface area contributed by atoms with Crippen molar-refractivity contribution in [3.8, 4) is 28.6 Å².